The highest BCUT2D eigenvalue weighted by Crippen LogP contribution is 2.19. The molecule has 0 aliphatic rings. The maximum atomic E-state index is 5.42. The maximum Gasteiger partial charge on any atom is 0.178 e. The predicted octanol–water partition coefficient (Wildman–Crippen LogP) is 4.06. The summed E-state index contributed by atoms with van der Waals surface area (Å²) in [5.41, 5.74) is 4.82. The van der Waals surface area contributed by atoms with Crippen LogP contribution in [0.25, 0.3) is 11.0 Å². The van der Waals surface area contributed by atoms with E-state index in [-0.39, 0.29) is 0 Å². The predicted molar refractivity (Wildman–Crippen MR) is 77.4 cm³/mol. The largest absolute Gasteiger partial charge is 0.331 e. The molecule has 90 valence electrons. The quantitative estimate of drug-likeness (QED) is 0.684. The first-order valence-corrected chi connectivity index (χ1v) is 6.38. The van der Waals surface area contributed by atoms with Gasteiger partial charge in [0.2, 0.25) is 0 Å². The lowest BCUT2D eigenvalue weighted by molar-refractivity contribution is 0.808. The number of imidazole rings is 1. The van der Waals surface area contributed by atoms with Crippen molar-refractivity contribution >= 4 is 23.3 Å². The second-order valence-electron chi connectivity index (χ2n) is 4.47. The van der Waals surface area contributed by atoms with E-state index in [0.29, 0.717) is 0 Å². The van der Waals surface area contributed by atoms with Gasteiger partial charge in [-0.25, -0.2) is 0 Å². The zero-order valence-corrected chi connectivity index (χ0v) is 11.0. The summed E-state index contributed by atoms with van der Waals surface area (Å²) in [5.74, 6) is 0. The Morgan fingerprint density at radius 2 is 1.83 bits per heavy atom. The first kappa shape index (κ1) is 11.2. The molecule has 0 saturated carbocycles. The molecule has 3 aromatic rings. The number of hydrogen-bond donors (Lipinski definition) is 1. The van der Waals surface area contributed by atoms with Gasteiger partial charge < -0.3 is 9.55 Å². The van der Waals surface area contributed by atoms with Crippen molar-refractivity contribution in [3.63, 3.8) is 0 Å². The topological polar surface area (TPSA) is 20.7 Å². The van der Waals surface area contributed by atoms with Gasteiger partial charge in [0, 0.05) is 0 Å². The van der Waals surface area contributed by atoms with Gasteiger partial charge in [-0.1, -0.05) is 42.5 Å². The van der Waals surface area contributed by atoms with Crippen LogP contribution in [0.2, 0.25) is 0 Å². The van der Waals surface area contributed by atoms with Gasteiger partial charge >= 0.3 is 0 Å². The molecule has 0 aliphatic heterocycles. The Morgan fingerprint density at radius 3 is 2.61 bits per heavy atom. The van der Waals surface area contributed by atoms with E-state index in [4.69, 9.17) is 12.2 Å². The van der Waals surface area contributed by atoms with Crippen molar-refractivity contribution in [1.29, 1.82) is 0 Å². The first-order chi connectivity index (χ1) is 8.75. The molecule has 0 saturated heterocycles. The van der Waals surface area contributed by atoms with Crippen molar-refractivity contribution < 1.29 is 0 Å². The fourth-order valence-corrected chi connectivity index (χ4v) is 2.58. The lowest BCUT2D eigenvalue weighted by atomic mass is 10.2. The fraction of sp³-hybridized carbons (Fsp3) is 0.133. The molecule has 1 aromatic heterocycles. The summed E-state index contributed by atoms with van der Waals surface area (Å²) in [6, 6.07) is 16.6. The van der Waals surface area contributed by atoms with Crippen LogP contribution in [0, 0.1) is 11.7 Å². The second-order valence-corrected chi connectivity index (χ2v) is 4.86. The highest BCUT2D eigenvalue weighted by molar-refractivity contribution is 7.71. The standard InChI is InChI=1S/C15H14N2S/c1-11-6-5-9-13-14(11)17(15(18)16-13)10-12-7-3-2-4-8-12/h2-9H,10H2,1H3,(H,16,18). The number of benzene rings is 2. The minimum Gasteiger partial charge on any atom is -0.331 e. The van der Waals surface area contributed by atoms with Crippen molar-refractivity contribution in [2.75, 3.05) is 0 Å². The van der Waals surface area contributed by atoms with Crippen molar-refractivity contribution in [2.45, 2.75) is 13.5 Å². The summed E-state index contributed by atoms with van der Waals surface area (Å²) in [6.07, 6.45) is 0. The van der Waals surface area contributed by atoms with Gasteiger partial charge in [0.15, 0.2) is 4.77 Å². The molecule has 0 radical (unpaired) electrons. The van der Waals surface area contributed by atoms with Crippen LogP contribution >= 0.6 is 12.2 Å². The van der Waals surface area contributed by atoms with E-state index in [2.05, 4.69) is 58.9 Å². The minimum absolute atomic E-state index is 0.781. The lowest BCUT2D eigenvalue weighted by Gasteiger charge is -2.06. The van der Waals surface area contributed by atoms with Crippen molar-refractivity contribution in [2.24, 2.45) is 0 Å². The Hall–Kier alpha value is -1.87. The Balaban J connectivity index is 2.17. The first-order valence-electron chi connectivity index (χ1n) is 5.98. The van der Waals surface area contributed by atoms with Crippen LogP contribution in [-0.2, 0) is 6.54 Å². The molecule has 0 amide bonds. The number of fused-ring (bicyclic) bond motifs is 1. The Kier molecular flexibility index (Phi) is 2.76. The minimum atomic E-state index is 0.781. The SMILES string of the molecule is Cc1cccc2[nH]c(=S)n(Cc3ccccc3)c12. The van der Waals surface area contributed by atoms with Crippen LogP contribution in [0.3, 0.4) is 0 Å². The van der Waals surface area contributed by atoms with Crippen LogP contribution in [0.4, 0.5) is 0 Å². The molecule has 0 spiro atoms. The highest BCUT2D eigenvalue weighted by atomic mass is 32.1. The van der Waals surface area contributed by atoms with Crippen LogP contribution in [-0.4, -0.2) is 9.55 Å². The number of H-pyrrole nitrogens is 1. The van der Waals surface area contributed by atoms with Gasteiger partial charge in [0.25, 0.3) is 0 Å². The molecule has 18 heavy (non-hydrogen) atoms. The normalized spacial score (nSPS) is 10.9. The van der Waals surface area contributed by atoms with Crippen LogP contribution in [0.15, 0.2) is 48.5 Å². The summed E-state index contributed by atoms with van der Waals surface area (Å²) in [6.45, 7) is 2.93. The smallest absolute Gasteiger partial charge is 0.178 e. The molecule has 3 rings (SSSR count). The number of aromatic nitrogens is 2. The average molecular weight is 254 g/mol. The molecule has 1 N–H and O–H groups in total. The number of hydrogen-bond acceptors (Lipinski definition) is 1. The molecule has 3 heteroatoms. The zero-order valence-electron chi connectivity index (χ0n) is 10.2. The molecular weight excluding hydrogens is 240 g/mol. The zero-order chi connectivity index (χ0) is 12.5. The average Bonchev–Trinajstić information content (AvgIpc) is 2.69. The van der Waals surface area contributed by atoms with Crippen LogP contribution < -0.4 is 0 Å². The van der Waals surface area contributed by atoms with Gasteiger partial charge in [-0.3, -0.25) is 0 Å². The van der Waals surface area contributed by atoms with Gasteiger partial charge in [0.05, 0.1) is 17.6 Å². The van der Waals surface area contributed by atoms with E-state index in [1.54, 1.807) is 0 Å². The molecular formula is C15H14N2S. The van der Waals surface area contributed by atoms with E-state index in [1.807, 2.05) is 6.07 Å². The molecule has 1 heterocycles. The third-order valence-electron chi connectivity index (χ3n) is 3.18. The van der Waals surface area contributed by atoms with Gasteiger partial charge in [-0.05, 0) is 36.3 Å². The van der Waals surface area contributed by atoms with E-state index in [9.17, 15) is 0 Å². The third kappa shape index (κ3) is 1.87. The monoisotopic (exact) mass is 254 g/mol. The summed E-state index contributed by atoms with van der Waals surface area (Å²) in [7, 11) is 0. The molecule has 0 atom stereocenters. The molecule has 0 aliphatic carbocycles. The molecule has 0 bridgehead atoms. The van der Waals surface area contributed by atoms with Crippen LogP contribution in [0.1, 0.15) is 11.1 Å². The van der Waals surface area contributed by atoms with Gasteiger partial charge in [-0.2, -0.15) is 0 Å². The molecule has 0 unspecified atom stereocenters. The molecule has 2 aromatic carbocycles. The van der Waals surface area contributed by atoms with E-state index < -0.39 is 0 Å². The molecule has 0 fully saturated rings. The Bertz CT molecular complexity index is 738. The third-order valence-corrected chi connectivity index (χ3v) is 3.50. The highest BCUT2D eigenvalue weighted by Gasteiger charge is 2.06. The summed E-state index contributed by atoms with van der Waals surface area (Å²) in [5, 5.41) is 0. The number of nitrogens with zero attached hydrogens (tertiary/aromatic N) is 1. The summed E-state index contributed by atoms with van der Waals surface area (Å²) in [4.78, 5) is 3.27. The van der Waals surface area contributed by atoms with Gasteiger partial charge in [-0.15, -0.1) is 0 Å². The van der Waals surface area contributed by atoms with Crippen molar-refractivity contribution in [3.05, 3.63) is 64.4 Å². The summed E-state index contributed by atoms with van der Waals surface area (Å²) < 4.78 is 2.94. The number of aromatic amines is 1. The summed E-state index contributed by atoms with van der Waals surface area (Å²) >= 11 is 5.42. The Labute approximate surface area is 111 Å². The number of para-hydroxylation sites is 1. The fourth-order valence-electron chi connectivity index (χ4n) is 2.32. The number of nitrogens with one attached hydrogen (secondary N) is 1. The lowest BCUT2D eigenvalue weighted by Crippen LogP contribution is -2.00. The van der Waals surface area contributed by atoms with Crippen LogP contribution in [0.5, 0.6) is 0 Å². The Morgan fingerprint density at radius 1 is 1.06 bits per heavy atom. The second kappa shape index (κ2) is 4.42. The number of rotatable bonds is 2. The maximum absolute atomic E-state index is 5.42. The van der Waals surface area contributed by atoms with E-state index >= 15 is 0 Å². The van der Waals surface area contributed by atoms with Crippen molar-refractivity contribution in [1.82, 2.24) is 9.55 Å². The van der Waals surface area contributed by atoms with E-state index in [1.165, 1.54) is 16.6 Å². The molecule has 2 nitrogen and oxygen atoms in total. The van der Waals surface area contributed by atoms with Crippen molar-refractivity contribution in [3.8, 4) is 0 Å². The van der Waals surface area contributed by atoms with Gasteiger partial charge in [0.1, 0.15) is 0 Å². The number of aryl methyl sites for hydroxylation is 1. The van der Waals surface area contributed by atoms with E-state index in [0.717, 1.165) is 16.8 Å².